The number of ether oxygens (including phenoxy) is 1. The molecular formula is C26H32N2O6S. The molecule has 0 bridgehead atoms. The number of urea groups is 1. The van der Waals surface area contributed by atoms with Crippen molar-refractivity contribution >= 4 is 35.0 Å². The van der Waals surface area contributed by atoms with E-state index in [2.05, 4.69) is 5.32 Å². The van der Waals surface area contributed by atoms with Crippen molar-refractivity contribution in [3.63, 3.8) is 0 Å². The lowest BCUT2D eigenvalue weighted by Crippen LogP contribution is -2.50. The zero-order valence-electron chi connectivity index (χ0n) is 19.7. The Bertz CT molecular complexity index is 1060. The van der Waals surface area contributed by atoms with Gasteiger partial charge in [-0.25, -0.2) is 14.4 Å². The molecule has 2 aromatic rings. The molecule has 35 heavy (non-hydrogen) atoms. The average Bonchev–Trinajstić information content (AvgIpc) is 3.29. The monoisotopic (exact) mass is 500 g/mol. The van der Waals surface area contributed by atoms with Gasteiger partial charge in [0.2, 0.25) is 0 Å². The summed E-state index contributed by atoms with van der Waals surface area (Å²) in [4.78, 5) is 38.6. The number of carboxylic acids is 2. The van der Waals surface area contributed by atoms with Gasteiger partial charge in [-0.3, -0.25) is 4.90 Å². The molecule has 0 saturated heterocycles. The third-order valence-electron chi connectivity index (χ3n) is 6.74. The first-order chi connectivity index (χ1) is 16.9. The number of aromatic carboxylic acids is 1. The van der Waals surface area contributed by atoms with Crippen molar-refractivity contribution in [3.8, 4) is 16.2 Å². The zero-order chi connectivity index (χ0) is 24.8. The van der Waals surface area contributed by atoms with Crippen LogP contribution in [-0.2, 0) is 4.79 Å². The minimum atomic E-state index is -1.18. The molecule has 1 aromatic carbocycles. The quantitative estimate of drug-likeness (QED) is 0.424. The molecule has 0 atom stereocenters. The molecule has 3 N–H and O–H groups in total. The van der Waals surface area contributed by atoms with Crippen molar-refractivity contribution in [1.29, 1.82) is 0 Å². The summed E-state index contributed by atoms with van der Waals surface area (Å²) in [7, 11) is 0. The van der Waals surface area contributed by atoms with Crippen LogP contribution in [0.4, 0.5) is 10.5 Å². The highest BCUT2D eigenvalue weighted by Crippen LogP contribution is 2.38. The Balaban J connectivity index is 1.63. The van der Waals surface area contributed by atoms with E-state index in [1.54, 1.807) is 6.07 Å². The van der Waals surface area contributed by atoms with E-state index in [0.29, 0.717) is 4.88 Å². The number of nitrogens with zero attached hydrogens (tertiary/aromatic N) is 1. The van der Waals surface area contributed by atoms with Crippen LogP contribution in [0.2, 0.25) is 0 Å². The van der Waals surface area contributed by atoms with Crippen molar-refractivity contribution in [3.05, 3.63) is 35.2 Å². The Hall–Kier alpha value is -3.07. The summed E-state index contributed by atoms with van der Waals surface area (Å²) in [6, 6.07) is 9.38. The van der Waals surface area contributed by atoms with Gasteiger partial charge in [0, 0.05) is 22.6 Å². The summed E-state index contributed by atoms with van der Waals surface area (Å²) in [5.74, 6) is -2.32. The molecule has 4 rings (SSSR count). The molecule has 2 fully saturated rings. The summed E-state index contributed by atoms with van der Waals surface area (Å²) in [5, 5.41) is 21.7. The largest absolute Gasteiger partial charge is 0.480 e. The van der Waals surface area contributed by atoms with Crippen LogP contribution in [0, 0.1) is 0 Å². The normalized spacial score (nSPS) is 17.0. The van der Waals surface area contributed by atoms with E-state index in [1.165, 1.54) is 12.8 Å². The van der Waals surface area contributed by atoms with Crippen LogP contribution in [0.5, 0.6) is 5.75 Å². The van der Waals surface area contributed by atoms with Gasteiger partial charge < -0.3 is 20.3 Å². The highest BCUT2D eigenvalue weighted by molar-refractivity contribution is 7.17. The Labute approximate surface area is 208 Å². The molecule has 2 aliphatic rings. The number of carbonyl (C=O) groups is 3. The van der Waals surface area contributed by atoms with Crippen molar-refractivity contribution in [2.75, 3.05) is 11.5 Å². The van der Waals surface area contributed by atoms with E-state index in [4.69, 9.17) is 9.84 Å². The maximum atomic E-state index is 13.5. The number of benzene rings is 1. The summed E-state index contributed by atoms with van der Waals surface area (Å²) >= 11 is 1.03. The van der Waals surface area contributed by atoms with E-state index in [1.807, 2.05) is 29.2 Å². The van der Waals surface area contributed by atoms with Gasteiger partial charge in [0.25, 0.3) is 0 Å². The molecular weight excluding hydrogens is 468 g/mol. The maximum absolute atomic E-state index is 13.5. The van der Waals surface area contributed by atoms with Gasteiger partial charge in [-0.05, 0) is 49.4 Å². The van der Waals surface area contributed by atoms with Crippen LogP contribution in [-0.4, -0.2) is 46.9 Å². The number of amides is 2. The predicted octanol–water partition coefficient (Wildman–Crippen LogP) is 5.76. The number of hydrogen-bond acceptors (Lipinski definition) is 5. The molecule has 2 saturated carbocycles. The third-order valence-corrected chi connectivity index (χ3v) is 7.90. The van der Waals surface area contributed by atoms with Crippen molar-refractivity contribution in [2.45, 2.75) is 76.3 Å². The lowest BCUT2D eigenvalue weighted by Gasteiger charge is -2.36. The minimum Gasteiger partial charge on any atom is -0.480 e. The summed E-state index contributed by atoms with van der Waals surface area (Å²) < 4.78 is 5.21. The highest BCUT2D eigenvalue weighted by atomic mass is 32.1. The number of rotatable bonds is 8. The van der Waals surface area contributed by atoms with E-state index in [9.17, 15) is 19.5 Å². The van der Waals surface area contributed by atoms with Gasteiger partial charge >= 0.3 is 18.0 Å². The molecule has 0 spiro atoms. The van der Waals surface area contributed by atoms with Crippen LogP contribution in [0.15, 0.2) is 30.3 Å². The number of thiophene rings is 1. The van der Waals surface area contributed by atoms with E-state index < -0.39 is 18.5 Å². The minimum absolute atomic E-state index is 0.0319. The lowest BCUT2D eigenvalue weighted by atomic mass is 9.93. The first-order valence-electron chi connectivity index (χ1n) is 12.3. The molecule has 2 amide bonds. The highest BCUT2D eigenvalue weighted by Gasteiger charge is 2.29. The molecule has 2 aliphatic carbocycles. The fourth-order valence-electron chi connectivity index (χ4n) is 5.05. The Morgan fingerprint density at radius 1 is 0.971 bits per heavy atom. The fourth-order valence-corrected chi connectivity index (χ4v) is 5.98. The molecule has 9 heteroatoms. The van der Waals surface area contributed by atoms with E-state index in [-0.39, 0.29) is 28.7 Å². The van der Waals surface area contributed by atoms with Gasteiger partial charge in [-0.2, -0.15) is 0 Å². The van der Waals surface area contributed by atoms with Gasteiger partial charge in [0.05, 0.1) is 0 Å². The molecule has 0 unspecified atom stereocenters. The number of carbonyl (C=O) groups excluding carboxylic acids is 1. The van der Waals surface area contributed by atoms with Crippen LogP contribution in [0.3, 0.4) is 0 Å². The maximum Gasteiger partial charge on any atom is 0.349 e. The topological polar surface area (TPSA) is 116 Å². The number of carboxylic acid groups (broad SMARTS) is 2. The first-order valence-corrected chi connectivity index (χ1v) is 13.2. The average molecular weight is 501 g/mol. The van der Waals surface area contributed by atoms with Gasteiger partial charge in [0.15, 0.2) is 11.5 Å². The van der Waals surface area contributed by atoms with Crippen molar-refractivity contribution in [1.82, 2.24) is 5.32 Å². The number of aliphatic carboxylic acids is 1. The van der Waals surface area contributed by atoms with Gasteiger partial charge in [-0.15, -0.1) is 11.3 Å². The number of anilines is 1. The smallest absolute Gasteiger partial charge is 0.349 e. The van der Waals surface area contributed by atoms with E-state index in [0.717, 1.165) is 74.0 Å². The third kappa shape index (κ3) is 6.33. The second kappa shape index (κ2) is 11.6. The molecule has 1 heterocycles. The second-order valence-corrected chi connectivity index (χ2v) is 10.3. The Morgan fingerprint density at radius 2 is 1.66 bits per heavy atom. The fraction of sp³-hybridized carbons (Fsp3) is 0.500. The van der Waals surface area contributed by atoms with Crippen molar-refractivity contribution in [2.24, 2.45) is 0 Å². The van der Waals surface area contributed by atoms with Crippen LogP contribution in [0.1, 0.15) is 73.9 Å². The standard InChI is InChI=1S/C26H32N2O6S/c29-23(30)16-34-21-15-22(35-24(21)25(31)32)17-8-7-13-20(14-17)28(19-11-5-2-6-12-19)26(33)27-18-9-3-1-4-10-18/h7-8,13-15,18-19H,1-6,9-12,16H2,(H,27,33)(H,29,30)(H,31,32). The summed E-state index contributed by atoms with van der Waals surface area (Å²) in [5.41, 5.74) is 1.53. The van der Waals surface area contributed by atoms with Crippen LogP contribution in [0.25, 0.3) is 10.4 Å². The van der Waals surface area contributed by atoms with Crippen LogP contribution >= 0.6 is 11.3 Å². The Morgan fingerprint density at radius 3 is 2.31 bits per heavy atom. The first kappa shape index (κ1) is 25.0. The number of hydrogen-bond donors (Lipinski definition) is 3. The molecule has 0 aliphatic heterocycles. The zero-order valence-corrected chi connectivity index (χ0v) is 20.5. The summed E-state index contributed by atoms with van der Waals surface area (Å²) in [6.45, 7) is -0.618. The molecule has 0 radical (unpaired) electrons. The van der Waals surface area contributed by atoms with E-state index >= 15 is 0 Å². The van der Waals surface area contributed by atoms with Gasteiger partial charge in [-0.1, -0.05) is 50.7 Å². The van der Waals surface area contributed by atoms with Crippen molar-refractivity contribution < 1.29 is 29.3 Å². The Kier molecular flexibility index (Phi) is 8.28. The SMILES string of the molecule is O=C(O)COc1cc(-c2cccc(N(C(=O)NC3CCCCC3)C3CCCCC3)c2)sc1C(=O)O. The van der Waals surface area contributed by atoms with Crippen LogP contribution < -0.4 is 15.0 Å². The summed E-state index contributed by atoms with van der Waals surface area (Å²) in [6.07, 6.45) is 10.8. The molecule has 188 valence electrons. The molecule has 1 aromatic heterocycles. The van der Waals surface area contributed by atoms with Gasteiger partial charge in [0.1, 0.15) is 5.75 Å². The lowest BCUT2D eigenvalue weighted by molar-refractivity contribution is -0.139. The molecule has 8 nitrogen and oxygen atoms in total. The number of nitrogens with one attached hydrogen (secondary N) is 1. The predicted molar refractivity (Wildman–Crippen MR) is 135 cm³/mol. The second-order valence-electron chi connectivity index (χ2n) is 9.29.